The summed E-state index contributed by atoms with van der Waals surface area (Å²) in [5.41, 5.74) is 1.83. The number of hydrogen-bond acceptors (Lipinski definition) is 4. The SMILES string of the molecule is N#CC(C#N)=C1C2=C(C(=C(C#N)C#N)c3c2cccc3-c2ccc(C(F)(F)F)cc2)c2cccc(-c3ccc(C(F)(F)F)cc3)c21. The van der Waals surface area contributed by atoms with Crippen LogP contribution in [0.25, 0.3) is 44.5 Å². The van der Waals surface area contributed by atoms with Crippen LogP contribution in [0.5, 0.6) is 0 Å². The number of halogens is 6. The average molecular weight is 617 g/mol. The van der Waals surface area contributed by atoms with E-state index < -0.39 is 23.5 Å². The van der Waals surface area contributed by atoms with Crippen LogP contribution in [-0.2, 0) is 12.4 Å². The van der Waals surface area contributed by atoms with E-state index in [1.807, 2.05) is 24.3 Å². The zero-order valence-electron chi connectivity index (χ0n) is 23.1. The molecule has 6 rings (SSSR count). The summed E-state index contributed by atoms with van der Waals surface area (Å²) in [4.78, 5) is 0. The summed E-state index contributed by atoms with van der Waals surface area (Å²) in [7, 11) is 0. The Hall–Kier alpha value is -6.36. The molecule has 0 fully saturated rings. The quantitative estimate of drug-likeness (QED) is 0.166. The van der Waals surface area contributed by atoms with Crippen LogP contribution in [0.4, 0.5) is 26.3 Å². The lowest BCUT2D eigenvalue weighted by atomic mass is 9.83. The van der Waals surface area contributed by atoms with Crippen LogP contribution in [0.2, 0.25) is 0 Å². The smallest absolute Gasteiger partial charge is 0.192 e. The van der Waals surface area contributed by atoms with Gasteiger partial charge < -0.3 is 0 Å². The average Bonchev–Trinajstić information content (AvgIpc) is 3.55. The molecule has 220 valence electrons. The number of nitrogens with zero attached hydrogens (tertiary/aromatic N) is 4. The molecule has 0 N–H and O–H groups in total. The van der Waals surface area contributed by atoms with Crippen molar-refractivity contribution in [3.05, 3.63) is 129 Å². The van der Waals surface area contributed by atoms with E-state index in [-0.39, 0.29) is 22.3 Å². The van der Waals surface area contributed by atoms with Crippen LogP contribution in [0.3, 0.4) is 0 Å². The Kier molecular flexibility index (Phi) is 6.89. The number of hydrogen-bond donors (Lipinski definition) is 0. The Labute approximate surface area is 257 Å². The summed E-state index contributed by atoms with van der Waals surface area (Å²) in [5.74, 6) is 0. The van der Waals surface area contributed by atoms with E-state index in [0.29, 0.717) is 55.7 Å². The second-order valence-corrected chi connectivity index (χ2v) is 10.3. The summed E-state index contributed by atoms with van der Waals surface area (Å²) >= 11 is 0. The van der Waals surface area contributed by atoms with Crippen molar-refractivity contribution in [3.8, 4) is 46.5 Å². The van der Waals surface area contributed by atoms with Gasteiger partial charge in [0.2, 0.25) is 0 Å². The lowest BCUT2D eigenvalue weighted by Gasteiger charge is -2.19. The molecule has 0 amide bonds. The minimum atomic E-state index is -4.57. The van der Waals surface area contributed by atoms with Crippen molar-refractivity contribution in [2.24, 2.45) is 0 Å². The Morgan fingerprint density at radius 3 is 1.02 bits per heavy atom. The number of fused-ring (bicyclic) bond motifs is 4. The van der Waals surface area contributed by atoms with Crippen molar-refractivity contribution in [2.45, 2.75) is 12.4 Å². The lowest BCUT2D eigenvalue weighted by molar-refractivity contribution is -0.138. The van der Waals surface area contributed by atoms with Gasteiger partial charge in [-0.25, -0.2) is 0 Å². The standard InChI is InChI=1S/C36H14F6N4/c37-35(38,39)23-11-7-19(8-12-23)25-3-1-5-27-31(25)29(21(15-43)16-44)34-28-6-2-4-26(20-9-13-24(14-10-20)36(40,41)42)32(28)30(33(27)34)22(17-45)18-46/h1-14H. The lowest BCUT2D eigenvalue weighted by Crippen LogP contribution is -2.04. The van der Waals surface area contributed by atoms with E-state index in [0.717, 1.165) is 24.3 Å². The third kappa shape index (κ3) is 4.53. The van der Waals surface area contributed by atoms with Gasteiger partial charge in [0.25, 0.3) is 0 Å². The molecule has 2 aliphatic rings. The summed E-state index contributed by atoms with van der Waals surface area (Å²) < 4.78 is 79.9. The van der Waals surface area contributed by atoms with Crippen LogP contribution in [0.1, 0.15) is 33.4 Å². The van der Waals surface area contributed by atoms with Gasteiger partial charge >= 0.3 is 12.4 Å². The highest BCUT2D eigenvalue weighted by Crippen LogP contribution is 2.62. The largest absolute Gasteiger partial charge is 0.416 e. The number of allylic oxidation sites excluding steroid dienone is 6. The molecule has 0 aliphatic heterocycles. The van der Waals surface area contributed by atoms with Gasteiger partial charge in [-0.3, -0.25) is 0 Å². The second-order valence-electron chi connectivity index (χ2n) is 10.3. The van der Waals surface area contributed by atoms with E-state index >= 15 is 0 Å². The van der Waals surface area contributed by atoms with E-state index in [9.17, 15) is 47.4 Å². The Morgan fingerprint density at radius 2 is 0.739 bits per heavy atom. The molecule has 10 heteroatoms. The van der Waals surface area contributed by atoms with Crippen molar-refractivity contribution in [1.82, 2.24) is 0 Å². The van der Waals surface area contributed by atoms with Gasteiger partial charge in [0.15, 0.2) is 0 Å². The van der Waals surface area contributed by atoms with Crippen LogP contribution in [0, 0.1) is 45.3 Å². The zero-order valence-corrected chi connectivity index (χ0v) is 23.1. The molecule has 0 saturated carbocycles. The fourth-order valence-corrected chi connectivity index (χ4v) is 6.03. The molecule has 0 bridgehead atoms. The Morgan fingerprint density at radius 1 is 0.435 bits per heavy atom. The molecule has 4 aromatic rings. The molecule has 0 atom stereocenters. The number of rotatable bonds is 2. The fourth-order valence-electron chi connectivity index (χ4n) is 6.03. The van der Waals surface area contributed by atoms with Crippen molar-refractivity contribution in [2.75, 3.05) is 0 Å². The molecule has 0 unspecified atom stereocenters. The minimum Gasteiger partial charge on any atom is -0.192 e. The highest BCUT2D eigenvalue weighted by atomic mass is 19.4. The van der Waals surface area contributed by atoms with Gasteiger partial charge in [0.1, 0.15) is 35.4 Å². The number of nitriles is 4. The molecule has 0 saturated heterocycles. The predicted octanol–water partition coefficient (Wildman–Crippen LogP) is 9.60. The van der Waals surface area contributed by atoms with Crippen LogP contribution >= 0.6 is 0 Å². The van der Waals surface area contributed by atoms with Crippen LogP contribution < -0.4 is 0 Å². The summed E-state index contributed by atoms with van der Waals surface area (Å²) in [5, 5.41) is 40.3. The zero-order chi connectivity index (χ0) is 33.0. The maximum absolute atomic E-state index is 13.3. The fraction of sp³-hybridized carbons (Fsp3) is 0.0556. The highest BCUT2D eigenvalue weighted by Gasteiger charge is 2.42. The van der Waals surface area contributed by atoms with Crippen molar-refractivity contribution in [3.63, 3.8) is 0 Å². The maximum atomic E-state index is 13.3. The van der Waals surface area contributed by atoms with Gasteiger partial charge in [0, 0.05) is 33.4 Å². The Balaban J connectivity index is 1.67. The van der Waals surface area contributed by atoms with Crippen LogP contribution in [0.15, 0.2) is 96.1 Å². The first-order chi connectivity index (χ1) is 21.9. The van der Waals surface area contributed by atoms with Gasteiger partial charge in [0.05, 0.1) is 11.1 Å². The summed E-state index contributed by atoms with van der Waals surface area (Å²) in [6, 6.07) is 26.3. The summed E-state index contributed by atoms with van der Waals surface area (Å²) in [6.07, 6.45) is -9.14. The first kappa shape index (κ1) is 29.7. The van der Waals surface area contributed by atoms with E-state index in [1.165, 1.54) is 24.3 Å². The Bertz CT molecular complexity index is 2050. The molecule has 4 nitrogen and oxygen atoms in total. The monoisotopic (exact) mass is 616 g/mol. The topological polar surface area (TPSA) is 95.2 Å². The molecule has 2 aliphatic carbocycles. The predicted molar refractivity (Wildman–Crippen MR) is 157 cm³/mol. The third-order valence-electron chi connectivity index (χ3n) is 7.91. The van der Waals surface area contributed by atoms with Crippen molar-refractivity contribution < 1.29 is 26.3 Å². The maximum Gasteiger partial charge on any atom is 0.416 e. The van der Waals surface area contributed by atoms with Crippen molar-refractivity contribution >= 4 is 22.3 Å². The molecule has 0 aromatic heterocycles. The molecule has 46 heavy (non-hydrogen) atoms. The van der Waals surface area contributed by atoms with E-state index in [4.69, 9.17) is 0 Å². The molecule has 0 spiro atoms. The van der Waals surface area contributed by atoms with Gasteiger partial charge in [-0.05, 0) is 57.6 Å². The second kappa shape index (κ2) is 10.7. The van der Waals surface area contributed by atoms with E-state index in [2.05, 4.69) is 0 Å². The number of alkyl halides is 6. The number of benzene rings is 4. The van der Waals surface area contributed by atoms with E-state index in [1.54, 1.807) is 36.4 Å². The molecule has 4 aromatic carbocycles. The first-order valence-corrected chi connectivity index (χ1v) is 13.4. The highest BCUT2D eigenvalue weighted by molar-refractivity contribution is 6.39. The van der Waals surface area contributed by atoms with Crippen LogP contribution in [-0.4, -0.2) is 0 Å². The minimum absolute atomic E-state index is 0.168. The summed E-state index contributed by atoms with van der Waals surface area (Å²) in [6.45, 7) is 0. The normalized spacial score (nSPS) is 13.2. The molecular formula is C36H14F6N4. The molecular weight excluding hydrogens is 602 g/mol. The van der Waals surface area contributed by atoms with Gasteiger partial charge in [-0.2, -0.15) is 47.4 Å². The molecule has 0 heterocycles. The van der Waals surface area contributed by atoms with Gasteiger partial charge in [-0.1, -0.05) is 60.7 Å². The first-order valence-electron chi connectivity index (χ1n) is 13.4. The van der Waals surface area contributed by atoms with Gasteiger partial charge in [-0.15, -0.1) is 0 Å². The molecule has 0 radical (unpaired) electrons. The van der Waals surface area contributed by atoms with Crippen molar-refractivity contribution in [1.29, 1.82) is 21.0 Å². The third-order valence-corrected chi connectivity index (χ3v) is 7.91.